The third kappa shape index (κ3) is 5.66. The van der Waals surface area contributed by atoms with Crippen molar-refractivity contribution in [3.8, 4) is 0 Å². The van der Waals surface area contributed by atoms with Crippen molar-refractivity contribution in [2.24, 2.45) is 0 Å². The minimum Gasteiger partial charge on any atom is -0.394 e. The summed E-state index contributed by atoms with van der Waals surface area (Å²) in [6.07, 6.45) is -4.88. The average molecular weight is 402 g/mol. The number of halogens is 5. The molecule has 9 heteroatoms. The Hall–Kier alpha value is -2.68. The second-order valence-corrected chi connectivity index (χ2v) is 6.30. The first-order chi connectivity index (χ1) is 13.1. The minimum absolute atomic E-state index is 0.176. The number of rotatable bonds is 6. The second-order valence-electron chi connectivity index (χ2n) is 6.30. The molecule has 2 unspecified atom stereocenters. The van der Waals surface area contributed by atoms with E-state index in [4.69, 9.17) is 0 Å². The number of urea groups is 1. The van der Waals surface area contributed by atoms with E-state index in [1.165, 1.54) is 0 Å². The van der Waals surface area contributed by atoms with Crippen LogP contribution in [0.15, 0.2) is 42.5 Å². The number of hydrogen-bond donors (Lipinski definition) is 3. The van der Waals surface area contributed by atoms with E-state index in [9.17, 15) is 31.9 Å². The topological polar surface area (TPSA) is 61.4 Å². The average Bonchev–Trinajstić information content (AvgIpc) is 2.62. The highest BCUT2D eigenvalue weighted by Crippen LogP contribution is 2.34. The van der Waals surface area contributed by atoms with Crippen LogP contribution in [0.1, 0.15) is 22.7 Å². The Morgan fingerprint density at radius 1 is 1.07 bits per heavy atom. The molecule has 0 saturated carbocycles. The maximum Gasteiger partial charge on any atom is 0.413 e. The number of aliphatic hydroxyl groups excluding tert-OH is 1. The molecule has 28 heavy (non-hydrogen) atoms. The molecule has 2 rings (SSSR count). The molecular weight excluding hydrogens is 383 g/mol. The van der Waals surface area contributed by atoms with Gasteiger partial charge in [0.25, 0.3) is 0 Å². The minimum atomic E-state index is -5.06. The standard InChI is InChI=1S/C19H19F5N2O2/c1-11-5-7-12(8-6-11)9-13(10-27)25-18(28)26-17(19(22,23)24)14-3-2-4-15(20)16(14)21/h2-8,13,17,27H,9-10H2,1H3,(H2,25,26,28). The van der Waals surface area contributed by atoms with Crippen molar-refractivity contribution in [1.82, 2.24) is 10.6 Å². The molecule has 0 saturated heterocycles. The molecule has 0 fully saturated rings. The molecule has 2 atom stereocenters. The van der Waals surface area contributed by atoms with Crippen LogP contribution in [0.2, 0.25) is 0 Å². The molecule has 0 spiro atoms. The number of aliphatic hydroxyl groups is 1. The highest BCUT2D eigenvalue weighted by Gasteiger charge is 2.43. The van der Waals surface area contributed by atoms with Gasteiger partial charge in [-0.25, -0.2) is 13.6 Å². The summed E-state index contributed by atoms with van der Waals surface area (Å²) < 4.78 is 67.0. The van der Waals surface area contributed by atoms with Gasteiger partial charge < -0.3 is 15.7 Å². The van der Waals surface area contributed by atoms with Crippen molar-refractivity contribution in [3.05, 3.63) is 70.8 Å². The number of nitrogens with one attached hydrogen (secondary N) is 2. The SMILES string of the molecule is Cc1ccc(CC(CO)NC(=O)NC(c2cccc(F)c2F)C(F)(F)F)cc1. The predicted octanol–water partition coefficient (Wildman–Crippen LogP) is 3.78. The lowest BCUT2D eigenvalue weighted by Gasteiger charge is -2.24. The number of carbonyl (C=O) groups is 1. The molecule has 0 bridgehead atoms. The maximum absolute atomic E-state index is 13.8. The van der Waals surface area contributed by atoms with Crippen molar-refractivity contribution in [2.75, 3.05) is 6.61 Å². The van der Waals surface area contributed by atoms with Crippen LogP contribution in [0, 0.1) is 18.6 Å². The zero-order valence-electron chi connectivity index (χ0n) is 14.9. The molecule has 0 heterocycles. The Bertz CT molecular complexity index is 809. The van der Waals surface area contributed by atoms with Gasteiger partial charge in [-0.1, -0.05) is 42.0 Å². The zero-order valence-corrected chi connectivity index (χ0v) is 14.9. The summed E-state index contributed by atoms with van der Waals surface area (Å²) in [4.78, 5) is 12.0. The van der Waals surface area contributed by atoms with Gasteiger partial charge in [0.05, 0.1) is 12.6 Å². The fourth-order valence-electron chi connectivity index (χ4n) is 2.61. The van der Waals surface area contributed by atoms with Gasteiger partial charge in [0.15, 0.2) is 17.7 Å². The smallest absolute Gasteiger partial charge is 0.394 e. The van der Waals surface area contributed by atoms with Gasteiger partial charge in [-0.05, 0) is 25.0 Å². The Morgan fingerprint density at radius 2 is 1.71 bits per heavy atom. The van der Waals surface area contributed by atoms with E-state index in [2.05, 4.69) is 5.32 Å². The molecule has 0 aliphatic rings. The normalized spacial score (nSPS) is 13.7. The van der Waals surface area contributed by atoms with Gasteiger partial charge in [-0.3, -0.25) is 0 Å². The second kappa shape index (κ2) is 9.01. The number of benzene rings is 2. The van der Waals surface area contributed by atoms with Crippen molar-refractivity contribution in [3.63, 3.8) is 0 Å². The van der Waals surface area contributed by atoms with Crippen LogP contribution in [0.25, 0.3) is 0 Å². The summed E-state index contributed by atoms with van der Waals surface area (Å²) in [5.74, 6) is -3.15. The van der Waals surface area contributed by atoms with E-state index in [0.717, 1.165) is 23.3 Å². The Labute approximate surface area is 158 Å². The summed E-state index contributed by atoms with van der Waals surface area (Å²) in [5, 5.41) is 13.2. The van der Waals surface area contributed by atoms with Crippen molar-refractivity contribution < 1.29 is 31.9 Å². The van der Waals surface area contributed by atoms with E-state index < -0.39 is 48.1 Å². The van der Waals surface area contributed by atoms with Gasteiger partial charge >= 0.3 is 12.2 Å². The molecule has 0 aliphatic heterocycles. The number of carbonyl (C=O) groups excluding carboxylic acids is 1. The fraction of sp³-hybridized carbons (Fsp3) is 0.316. The molecule has 3 N–H and O–H groups in total. The summed E-state index contributed by atoms with van der Waals surface area (Å²) in [6.45, 7) is 1.36. The van der Waals surface area contributed by atoms with Gasteiger partial charge in [0.2, 0.25) is 0 Å². The first-order valence-electron chi connectivity index (χ1n) is 8.36. The summed E-state index contributed by atoms with van der Waals surface area (Å²) >= 11 is 0. The highest BCUT2D eigenvalue weighted by atomic mass is 19.4. The lowest BCUT2D eigenvalue weighted by atomic mass is 10.0. The van der Waals surface area contributed by atoms with Gasteiger partial charge in [-0.15, -0.1) is 0 Å². The summed E-state index contributed by atoms with van der Waals surface area (Å²) in [6, 6.07) is 4.61. The number of alkyl halides is 3. The van der Waals surface area contributed by atoms with Gasteiger partial charge in [0, 0.05) is 5.56 Å². The first kappa shape index (κ1) is 21.6. The van der Waals surface area contributed by atoms with Crippen LogP contribution in [0.4, 0.5) is 26.7 Å². The maximum atomic E-state index is 13.8. The molecule has 2 aromatic carbocycles. The lowest BCUT2D eigenvalue weighted by Crippen LogP contribution is -2.49. The molecule has 2 amide bonds. The monoisotopic (exact) mass is 402 g/mol. The lowest BCUT2D eigenvalue weighted by molar-refractivity contribution is -0.155. The van der Waals surface area contributed by atoms with E-state index >= 15 is 0 Å². The van der Waals surface area contributed by atoms with Gasteiger partial charge in [-0.2, -0.15) is 13.2 Å². The fourth-order valence-corrected chi connectivity index (χ4v) is 2.61. The van der Waals surface area contributed by atoms with Crippen LogP contribution in [-0.2, 0) is 6.42 Å². The Balaban J connectivity index is 2.12. The van der Waals surface area contributed by atoms with E-state index in [-0.39, 0.29) is 6.42 Å². The van der Waals surface area contributed by atoms with Crippen molar-refractivity contribution in [2.45, 2.75) is 31.6 Å². The van der Waals surface area contributed by atoms with E-state index in [0.29, 0.717) is 6.07 Å². The third-order valence-corrected chi connectivity index (χ3v) is 4.05. The molecule has 0 aromatic heterocycles. The van der Waals surface area contributed by atoms with Crippen LogP contribution in [0.3, 0.4) is 0 Å². The first-order valence-corrected chi connectivity index (χ1v) is 8.36. The van der Waals surface area contributed by atoms with Gasteiger partial charge in [0.1, 0.15) is 0 Å². The number of hydrogen-bond acceptors (Lipinski definition) is 2. The molecular formula is C19H19F5N2O2. The Kier molecular flexibility index (Phi) is 6.95. The summed E-state index contributed by atoms with van der Waals surface area (Å²) in [7, 11) is 0. The number of aryl methyl sites for hydroxylation is 1. The van der Waals surface area contributed by atoms with Crippen LogP contribution < -0.4 is 10.6 Å². The highest BCUT2D eigenvalue weighted by molar-refractivity contribution is 5.75. The molecule has 152 valence electrons. The Morgan fingerprint density at radius 3 is 2.29 bits per heavy atom. The van der Waals surface area contributed by atoms with Crippen molar-refractivity contribution >= 4 is 6.03 Å². The molecule has 4 nitrogen and oxygen atoms in total. The molecule has 0 aliphatic carbocycles. The zero-order chi connectivity index (χ0) is 20.9. The van der Waals surface area contributed by atoms with E-state index in [1.54, 1.807) is 17.4 Å². The molecule has 2 aromatic rings. The quantitative estimate of drug-likeness (QED) is 0.644. The predicted molar refractivity (Wildman–Crippen MR) is 92.6 cm³/mol. The van der Waals surface area contributed by atoms with Crippen LogP contribution in [-0.4, -0.2) is 30.0 Å². The van der Waals surface area contributed by atoms with E-state index in [1.807, 2.05) is 19.1 Å². The van der Waals surface area contributed by atoms with Crippen molar-refractivity contribution in [1.29, 1.82) is 0 Å². The van der Waals surface area contributed by atoms with Crippen LogP contribution >= 0.6 is 0 Å². The summed E-state index contributed by atoms with van der Waals surface area (Å²) in [5.41, 5.74) is 0.718. The van der Waals surface area contributed by atoms with Crippen LogP contribution in [0.5, 0.6) is 0 Å². The largest absolute Gasteiger partial charge is 0.413 e. The number of amides is 2. The third-order valence-electron chi connectivity index (χ3n) is 4.05. The molecule has 0 radical (unpaired) electrons.